The zero-order valence-electron chi connectivity index (χ0n) is 12.6. The first-order chi connectivity index (χ1) is 11.9. The van der Waals surface area contributed by atoms with Crippen molar-refractivity contribution in [1.29, 1.82) is 0 Å². The third-order valence-electron chi connectivity index (χ3n) is 4.58. The van der Waals surface area contributed by atoms with E-state index in [0.29, 0.717) is 0 Å². The summed E-state index contributed by atoms with van der Waals surface area (Å²) in [5.41, 5.74) is 5.89. The van der Waals surface area contributed by atoms with Crippen LogP contribution in [0.2, 0.25) is 0 Å². The molecule has 3 nitrogen and oxygen atoms in total. The van der Waals surface area contributed by atoms with Gasteiger partial charge in [-0.05, 0) is 44.8 Å². The molecule has 0 fully saturated rings. The summed E-state index contributed by atoms with van der Waals surface area (Å²) in [5, 5.41) is 19.6. The molecule has 0 aliphatic heterocycles. The first-order valence-electron chi connectivity index (χ1n) is 7.58. The third-order valence-corrected chi connectivity index (χ3v) is 6.73. The van der Waals surface area contributed by atoms with Gasteiger partial charge in [-0.1, -0.05) is 12.2 Å². The number of thiazole rings is 1. The first kappa shape index (κ1) is 14.3. The average Bonchev–Trinajstić information content (AvgIpc) is 3.43. The van der Waals surface area contributed by atoms with Gasteiger partial charge in [-0.25, -0.2) is 4.98 Å². The van der Waals surface area contributed by atoms with Gasteiger partial charge in [-0.2, -0.15) is 27.8 Å². The van der Waals surface area contributed by atoms with E-state index in [0.717, 1.165) is 17.1 Å². The lowest BCUT2D eigenvalue weighted by atomic mass is 9.70. The van der Waals surface area contributed by atoms with Crippen LogP contribution < -0.4 is 0 Å². The molecule has 0 atom stereocenters. The molecule has 0 saturated heterocycles. The number of hydrogen-bond donors (Lipinski definition) is 1. The van der Waals surface area contributed by atoms with E-state index in [9.17, 15) is 0 Å². The van der Waals surface area contributed by atoms with E-state index in [1.165, 1.54) is 22.4 Å². The summed E-state index contributed by atoms with van der Waals surface area (Å²) in [4.78, 5) is 4.41. The molecular formula is C18H13N3S3. The van der Waals surface area contributed by atoms with Gasteiger partial charge in [0.05, 0.1) is 0 Å². The molecule has 0 saturated carbocycles. The molecule has 4 aromatic heterocycles. The smallest absolute Gasteiger partial charge is 0.144 e. The van der Waals surface area contributed by atoms with E-state index in [4.69, 9.17) is 0 Å². The molecule has 0 aromatic carbocycles. The van der Waals surface area contributed by atoms with Crippen LogP contribution in [0, 0.1) is 0 Å². The van der Waals surface area contributed by atoms with Crippen LogP contribution in [0.1, 0.15) is 22.4 Å². The Morgan fingerprint density at radius 2 is 1.83 bits per heavy atom. The number of nitrogens with one attached hydrogen (secondary N) is 1. The molecule has 5 rings (SSSR count). The molecule has 6 heteroatoms. The minimum Gasteiger partial charge on any atom is -0.281 e. The topological polar surface area (TPSA) is 41.6 Å². The Morgan fingerprint density at radius 3 is 2.46 bits per heavy atom. The van der Waals surface area contributed by atoms with Crippen molar-refractivity contribution in [3.05, 3.63) is 73.7 Å². The van der Waals surface area contributed by atoms with Gasteiger partial charge in [-0.15, -0.1) is 11.3 Å². The Labute approximate surface area is 151 Å². The van der Waals surface area contributed by atoms with Gasteiger partial charge < -0.3 is 0 Å². The summed E-state index contributed by atoms with van der Waals surface area (Å²) in [6.07, 6.45) is 7.28. The van der Waals surface area contributed by atoms with E-state index in [1.807, 2.05) is 11.6 Å². The van der Waals surface area contributed by atoms with Crippen LogP contribution in [0.15, 0.2) is 51.3 Å². The van der Waals surface area contributed by atoms with Gasteiger partial charge in [0.15, 0.2) is 0 Å². The lowest BCUT2D eigenvalue weighted by Crippen LogP contribution is -2.29. The molecule has 0 amide bonds. The quantitative estimate of drug-likeness (QED) is 0.540. The predicted molar refractivity (Wildman–Crippen MR) is 102 cm³/mol. The summed E-state index contributed by atoms with van der Waals surface area (Å²) in [6.45, 7) is 0. The van der Waals surface area contributed by atoms with E-state index in [2.05, 4.69) is 61.0 Å². The summed E-state index contributed by atoms with van der Waals surface area (Å²) < 4.78 is 0. The molecule has 4 heterocycles. The molecule has 1 N–H and O–H groups in total. The highest BCUT2D eigenvalue weighted by atomic mass is 32.1. The van der Waals surface area contributed by atoms with Crippen LogP contribution in [0.25, 0.3) is 16.8 Å². The number of aromatic nitrogens is 3. The Balaban J connectivity index is 1.66. The summed E-state index contributed by atoms with van der Waals surface area (Å²) in [6, 6.07) is 4.46. The van der Waals surface area contributed by atoms with Crippen LogP contribution in [-0.2, 0) is 11.8 Å². The van der Waals surface area contributed by atoms with E-state index in [1.54, 1.807) is 34.0 Å². The number of aromatic amines is 1. The van der Waals surface area contributed by atoms with Gasteiger partial charge in [-0.3, -0.25) is 5.10 Å². The molecule has 1 aliphatic carbocycles. The lowest BCUT2D eigenvalue weighted by molar-refractivity contribution is 0.625. The number of rotatable bonds is 3. The molecular weight excluding hydrogens is 354 g/mol. The molecule has 0 unspecified atom stereocenters. The fraction of sp³-hybridized carbons (Fsp3) is 0.111. The predicted octanol–water partition coefficient (Wildman–Crippen LogP) is 5.21. The van der Waals surface area contributed by atoms with E-state index in [-0.39, 0.29) is 5.41 Å². The molecule has 0 bridgehead atoms. The fourth-order valence-electron chi connectivity index (χ4n) is 3.37. The van der Waals surface area contributed by atoms with Gasteiger partial charge in [0.1, 0.15) is 10.7 Å². The number of thiophene rings is 2. The maximum absolute atomic E-state index is 4.55. The lowest BCUT2D eigenvalue weighted by Gasteiger charge is -2.32. The minimum atomic E-state index is -0.111. The monoisotopic (exact) mass is 367 g/mol. The van der Waals surface area contributed by atoms with Crippen LogP contribution in [0.4, 0.5) is 0 Å². The Kier molecular flexibility index (Phi) is 3.29. The maximum Gasteiger partial charge on any atom is 0.144 e. The zero-order valence-corrected chi connectivity index (χ0v) is 15.0. The Hall–Kier alpha value is -2.02. The maximum atomic E-state index is 4.55. The summed E-state index contributed by atoms with van der Waals surface area (Å²) >= 11 is 5.12. The Bertz CT molecular complexity index is 943. The number of H-pyrrole nitrogens is 1. The molecule has 118 valence electrons. The highest BCUT2D eigenvalue weighted by Crippen LogP contribution is 2.44. The van der Waals surface area contributed by atoms with E-state index < -0.39 is 0 Å². The molecule has 4 aromatic rings. The normalized spacial score (nSPS) is 15.5. The van der Waals surface area contributed by atoms with E-state index >= 15 is 0 Å². The second-order valence-corrected chi connectivity index (χ2v) is 8.26. The fourth-order valence-corrected chi connectivity index (χ4v) is 5.49. The zero-order chi connectivity index (χ0) is 16.0. The highest BCUT2D eigenvalue weighted by Gasteiger charge is 2.37. The van der Waals surface area contributed by atoms with Gasteiger partial charge in [0, 0.05) is 34.7 Å². The molecule has 24 heavy (non-hydrogen) atoms. The van der Waals surface area contributed by atoms with Crippen molar-refractivity contribution in [3.63, 3.8) is 0 Å². The molecule has 0 radical (unpaired) electrons. The average molecular weight is 368 g/mol. The van der Waals surface area contributed by atoms with Gasteiger partial charge in [0.25, 0.3) is 0 Å². The number of fused-ring (bicyclic) bond motifs is 1. The largest absolute Gasteiger partial charge is 0.281 e. The van der Waals surface area contributed by atoms with Crippen molar-refractivity contribution in [2.24, 2.45) is 0 Å². The first-order valence-corrected chi connectivity index (χ1v) is 10.3. The van der Waals surface area contributed by atoms with Crippen molar-refractivity contribution in [1.82, 2.24) is 15.2 Å². The van der Waals surface area contributed by atoms with Gasteiger partial charge >= 0.3 is 0 Å². The summed E-state index contributed by atoms with van der Waals surface area (Å²) in [7, 11) is 0. The van der Waals surface area contributed by atoms with Crippen LogP contribution in [0.3, 0.4) is 0 Å². The SMILES string of the molecule is C1=CC(c2ccsc2)(c2ccsc2)Cc2[nH]nc(-c3nccs3)c21. The van der Waals surface area contributed by atoms with Crippen molar-refractivity contribution in [3.8, 4) is 10.7 Å². The molecule has 1 aliphatic rings. The van der Waals surface area contributed by atoms with Crippen molar-refractivity contribution in [2.75, 3.05) is 0 Å². The standard InChI is InChI=1S/C18H13N3S3/c1-4-18(12-2-6-22-10-12,13-3-7-23-11-13)9-15-14(1)16(21-20-15)17-19-5-8-24-17/h1-8,10-11H,9H2,(H,20,21). The second kappa shape index (κ2) is 5.51. The van der Waals surface area contributed by atoms with Crippen molar-refractivity contribution >= 4 is 40.1 Å². The van der Waals surface area contributed by atoms with Crippen molar-refractivity contribution in [2.45, 2.75) is 11.8 Å². The Morgan fingerprint density at radius 1 is 1.04 bits per heavy atom. The van der Waals surface area contributed by atoms with Crippen molar-refractivity contribution < 1.29 is 0 Å². The number of nitrogens with zero attached hydrogens (tertiary/aromatic N) is 2. The van der Waals surface area contributed by atoms with Gasteiger partial charge in [0.2, 0.25) is 0 Å². The minimum absolute atomic E-state index is 0.111. The van der Waals surface area contributed by atoms with Crippen LogP contribution >= 0.6 is 34.0 Å². The molecule has 0 spiro atoms. The third kappa shape index (κ3) is 2.07. The van der Waals surface area contributed by atoms with Crippen LogP contribution in [-0.4, -0.2) is 15.2 Å². The number of hydrogen-bond acceptors (Lipinski definition) is 5. The number of allylic oxidation sites excluding steroid dienone is 1. The second-order valence-electron chi connectivity index (χ2n) is 5.81. The highest BCUT2D eigenvalue weighted by molar-refractivity contribution is 7.13. The summed E-state index contributed by atoms with van der Waals surface area (Å²) in [5.74, 6) is 0. The van der Waals surface area contributed by atoms with Crippen LogP contribution in [0.5, 0.6) is 0 Å².